The number of benzene rings is 2. The first-order chi connectivity index (χ1) is 15.3. The molecule has 0 aliphatic heterocycles. The molecule has 6 nitrogen and oxygen atoms in total. The molecule has 2 aromatic carbocycles. The average Bonchev–Trinajstić information content (AvgIpc) is 2.79. The first-order valence-corrected chi connectivity index (χ1v) is 10.4. The number of pyridine rings is 1. The van der Waals surface area contributed by atoms with Crippen LogP contribution in [0.3, 0.4) is 0 Å². The van der Waals surface area contributed by atoms with Crippen molar-refractivity contribution in [3.8, 4) is 16.9 Å². The summed E-state index contributed by atoms with van der Waals surface area (Å²) in [5.41, 5.74) is 2.88. The Balaban J connectivity index is 2.19. The quantitative estimate of drug-likeness (QED) is 0.424. The number of aryl methyl sites for hydroxylation is 1. The minimum absolute atomic E-state index is 0.231. The maximum atomic E-state index is 12.3. The Morgan fingerprint density at radius 1 is 1.16 bits per heavy atom. The molecule has 7 heteroatoms. The third-order valence-electron chi connectivity index (χ3n) is 4.98. The van der Waals surface area contributed by atoms with E-state index in [9.17, 15) is 14.7 Å². The van der Waals surface area contributed by atoms with E-state index in [1.807, 2.05) is 6.07 Å². The predicted molar refractivity (Wildman–Crippen MR) is 125 cm³/mol. The van der Waals surface area contributed by atoms with E-state index in [1.54, 1.807) is 63.7 Å². The fraction of sp³-hybridized carbons (Fsp3) is 0.200. The zero-order valence-corrected chi connectivity index (χ0v) is 18.8. The molecule has 1 aromatic heterocycles. The molecule has 0 aliphatic rings. The molecule has 32 heavy (non-hydrogen) atoms. The van der Waals surface area contributed by atoms with Crippen molar-refractivity contribution in [2.45, 2.75) is 13.0 Å². The van der Waals surface area contributed by atoms with Crippen LogP contribution in [0.4, 0.5) is 0 Å². The van der Waals surface area contributed by atoms with Gasteiger partial charge in [0.05, 0.1) is 13.7 Å². The van der Waals surface area contributed by atoms with E-state index < -0.39 is 12.1 Å². The van der Waals surface area contributed by atoms with Gasteiger partial charge in [-0.2, -0.15) is 0 Å². The van der Waals surface area contributed by atoms with Crippen LogP contribution < -0.4 is 10.3 Å². The van der Waals surface area contributed by atoms with E-state index in [2.05, 4.69) is 0 Å². The summed E-state index contributed by atoms with van der Waals surface area (Å²) in [7, 11) is 3.19. The van der Waals surface area contributed by atoms with Crippen LogP contribution in [-0.4, -0.2) is 29.4 Å². The van der Waals surface area contributed by atoms with Crippen molar-refractivity contribution in [1.82, 2.24) is 4.57 Å². The van der Waals surface area contributed by atoms with Gasteiger partial charge in [0, 0.05) is 36.0 Å². The number of halogens is 1. The topological polar surface area (TPSA) is 77.8 Å². The Kier molecular flexibility index (Phi) is 7.51. The number of methoxy groups -OCH3 is 1. The Labute approximate surface area is 191 Å². The third kappa shape index (κ3) is 5.28. The van der Waals surface area contributed by atoms with E-state index >= 15 is 0 Å². The van der Waals surface area contributed by atoms with Gasteiger partial charge in [0.2, 0.25) is 0 Å². The summed E-state index contributed by atoms with van der Waals surface area (Å²) in [5, 5.41) is 11.8. The van der Waals surface area contributed by atoms with Gasteiger partial charge in [0.1, 0.15) is 11.9 Å². The van der Waals surface area contributed by atoms with Gasteiger partial charge in [-0.15, -0.1) is 0 Å². The number of esters is 1. The first-order valence-electron chi connectivity index (χ1n) is 10.0. The fourth-order valence-corrected chi connectivity index (χ4v) is 3.45. The highest BCUT2D eigenvalue weighted by molar-refractivity contribution is 6.30. The summed E-state index contributed by atoms with van der Waals surface area (Å²) < 4.78 is 11.8. The van der Waals surface area contributed by atoms with Gasteiger partial charge in [0.25, 0.3) is 5.56 Å². The standard InChI is InChI=1S/C25H24ClNO5/c1-4-32-24(29)12-7-17-13-23(28)27(2)15-22(17)20-11-10-19(31-3)14-21(20)25(30)16-5-8-18(26)9-6-16/h5-15,25,30H,4H2,1-3H3/b12-7+. The van der Waals surface area contributed by atoms with E-state index in [1.165, 1.54) is 22.8 Å². The molecule has 0 saturated heterocycles. The molecule has 1 N–H and O–H groups in total. The van der Waals surface area contributed by atoms with Crippen molar-refractivity contribution in [2.24, 2.45) is 7.05 Å². The maximum absolute atomic E-state index is 12.3. The Bertz CT molecular complexity index is 1200. The highest BCUT2D eigenvalue weighted by Crippen LogP contribution is 2.36. The number of hydrogen-bond acceptors (Lipinski definition) is 5. The van der Waals surface area contributed by atoms with Crippen molar-refractivity contribution in [1.29, 1.82) is 0 Å². The number of aliphatic hydroxyl groups is 1. The van der Waals surface area contributed by atoms with E-state index in [0.717, 1.165) is 0 Å². The molecule has 0 fully saturated rings. The summed E-state index contributed by atoms with van der Waals surface area (Å²) >= 11 is 5.99. The van der Waals surface area contributed by atoms with Crippen LogP contribution in [0.1, 0.15) is 29.7 Å². The second kappa shape index (κ2) is 10.3. The average molecular weight is 454 g/mol. The molecular formula is C25H24ClNO5. The smallest absolute Gasteiger partial charge is 0.330 e. The van der Waals surface area contributed by atoms with Crippen LogP contribution in [0.5, 0.6) is 5.75 Å². The molecule has 166 valence electrons. The molecule has 0 spiro atoms. The molecule has 0 saturated carbocycles. The number of rotatable bonds is 7. The molecule has 3 aromatic rings. The van der Waals surface area contributed by atoms with Crippen LogP contribution in [0.15, 0.2) is 65.6 Å². The highest BCUT2D eigenvalue weighted by atomic mass is 35.5. The maximum Gasteiger partial charge on any atom is 0.330 e. The lowest BCUT2D eigenvalue weighted by molar-refractivity contribution is -0.137. The van der Waals surface area contributed by atoms with Gasteiger partial charge in [0.15, 0.2) is 0 Å². The van der Waals surface area contributed by atoms with E-state index in [0.29, 0.717) is 38.6 Å². The number of hydrogen-bond donors (Lipinski definition) is 1. The second-order valence-corrected chi connectivity index (χ2v) is 7.52. The third-order valence-corrected chi connectivity index (χ3v) is 5.23. The fourth-order valence-electron chi connectivity index (χ4n) is 3.32. The monoisotopic (exact) mass is 453 g/mol. The molecule has 0 amide bonds. The van der Waals surface area contributed by atoms with Crippen molar-refractivity contribution in [3.63, 3.8) is 0 Å². The normalized spacial score (nSPS) is 12.0. The number of carbonyl (C=O) groups is 1. The second-order valence-electron chi connectivity index (χ2n) is 7.08. The number of nitrogens with zero attached hydrogens (tertiary/aromatic N) is 1. The minimum atomic E-state index is -0.975. The minimum Gasteiger partial charge on any atom is -0.497 e. The van der Waals surface area contributed by atoms with Gasteiger partial charge >= 0.3 is 5.97 Å². The van der Waals surface area contributed by atoms with Gasteiger partial charge in [-0.05, 0) is 59.5 Å². The zero-order valence-electron chi connectivity index (χ0n) is 18.0. The number of aromatic nitrogens is 1. The lowest BCUT2D eigenvalue weighted by atomic mass is 9.91. The van der Waals surface area contributed by atoms with Crippen molar-refractivity contribution in [3.05, 3.63) is 92.9 Å². The number of aliphatic hydroxyl groups excluding tert-OH is 1. The molecule has 0 aliphatic carbocycles. The van der Waals surface area contributed by atoms with Crippen LogP contribution in [0.25, 0.3) is 17.2 Å². The molecular weight excluding hydrogens is 430 g/mol. The Morgan fingerprint density at radius 3 is 2.53 bits per heavy atom. The molecule has 1 unspecified atom stereocenters. The Morgan fingerprint density at radius 2 is 1.88 bits per heavy atom. The van der Waals surface area contributed by atoms with Crippen molar-refractivity contribution < 1.29 is 19.4 Å². The number of carbonyl (C=O) groups excluding carboxylic acids is 1. The summed E-state index contributed by atoms with van der Waals surface area (Å²) in [4.78, 5) is 24.1. The van der Waals surface area contributed by atoms with Crippen LogP contribution in [0.2, 0.25) is 5.02 Å². The molecule has 1 atom stereocenters. The molecule has 0 bridgehead atoms. The SMILES string of the molecule is CCOC(=O)/C=C/c1cc(=O)n(C)cc1-c1ccc(OC)cc1C(O)c1ccc(Cl)cc1. The van der Waals surface area contributed by atoms with Gasteiger partial charge < -0.3 is 19.1 Å². The lowest BCUT2D eigenvalue weighted by Crippen LogP contribution is -2.16. The van der Waals surface area contributed by atoms with Crippen LogP contribution >= 0.6 is 11.6 Å². The summed E-state index contributed by atoms with van der Waals surface area (Å²) in [5.74, 6) is 0.0699. The van der Waals surface area contributed by atoms with Gasteiger partial charge in [-0.3, -0.25) is 4.79 Å². The summed E-state index contributed by atoms with van der Waals surface area (Å²) in [6.45, 7) is 1.97. The molecule has 0 radical (unpaired) electrons. The van der Waals surface area contributed by atoms with Gasteiger partial charge in [-0.1, -0.05) is 29.8 Å². The van der Waals surface area contributed by atoms with Crippen LogP contribution in [-0.2, 0) is 16.6 Å². The zero-order chi connectivity index (χ0) is 23.3. The van der Waals surface area contributed by atoms with Crippen molar-refractivity contribution >= 4 is 23.6 Å². The first kappa shape index (κ1) is 23.3. The lowest BCUT2D eigenvalue weighted by Gasteiger charge is -2.19. The largest absolute Gasteiger partial charge is 0.497 e. The predicted octanol–water partition coefficient (Wildman–Crippen LogP) is 4.37. The Hall–Kier alpha value is -3.35. The van der Waals surface area contributed by atoms with E-state index in [4.69, 9.17) is 21.1 Å². The molecule has 3 rings (SSSR count). The van der Waals surface area contributed by atoms with Gasteiger partial charge in [-0.25, -0.2) is 4.79 Å². The number of ether oxygens (including phenoxy) is 2. The summed E-state index contributed by atoms with van der Waals surface area (Å²) in [6, 6.07) is 13.7. The van der Waals surface area contributed by atoms with Crippen LogP contribution in [0, 0.1) is 0 Å². The van der Waals surface area contributed by atoms with Crippen molar-refractivity contribution in [2.75, 3.05) is 13.7 Å². The summed E-state index contributed by atoms with van der Waals surface area (Å²) in [6.07, 6.45) is 3.52. The molecule has 1 heterocycles. The van der Waals surface area contributed by atoms with E-state index in [-0.39, 0.29) is 12.2 Å². The highest BCUT2D eigenvalue weighted by Gasteiger charge is 2.19.